The first kappa shape index (κ1) is 15.4. The zero-order valence-electron chi connectivity index (χ0n) is 11.7. The van der Waals surface area contributed by atoms with Gasteiger partial charge in [0.25, 0.3) is 0 Å². The molecule has 1 aromatic carbocycles. The number of nitrogens with one attached hydrogen (secondary N) is 1. The highest BCUT2D eigenvalue weighted by Crippen LogP contribution is 2.23. The van der Waals surface area contributed by atoms with Crippen LogP contribution in [0.5, 0.6) is 0 Å². The molecule has 2 unspecified atom stereocenters. The Morgan fingerprint density at radius 2 is 2.00 bits per heavy atom. The molecule has 3 N–H and O–H groups in total. The molecule has 2 atom stereocenters. The molecule has 0 radical (unpaired) electrons. The van der Waals surface area contributed by atoms with Gasteiger partial charge in [-0.05, 0) is 49.9 Å². The number of nitrogens with two attached hydrogens (primary N) is 1. The zero-order valence-corrected chi connectivity index (χ0v) is 12.5. The van der Waals surface area contributed by atoms with Crippen molar-refractivity contribution in [2.75, 3.05) is 13.7 Å². The Balaban J connectivity index is 2.09. The molecule has 1 aliphatic rings. The second kappa shape index (κ2) is 6.67. The number of hydrogen-bond donors (Lipinski definition) is 2. The minimum Gasteiger partial charge on any atom is -0.380 e. The van der Waals surface area contributed by atoms with E-state index in [-0.39, 0.29) is 12.1 Å². The topological polar surface area (TPSA) is 81.4 Å². The van der Waals surface area contributed by atoms with Crippen LogP contribution in [0, 0.1) is 0 Å². The van der Waals surface area contributed by atoms with Gasteiger partial charge in [0, 0.05) is 13.2 Å². The molecule has 0 spiro atoms. The van der Waals surface area contributed by atoms with Gasteiger partial charge >= 0.3 is 0 Å². The van der Waals surface area contributed by atoms with Crippen molar-refractivity contribution in [2.24, 2.45) is 5.73 Å². The molecule has 112 valence electrons. The predicted molar refractivity (Wildman–Crippen MR) is 78.0 cm³/mol. The van der Waals surface area contributed by atoms with E-state index in [1.807, 2.05) is 12.1 Å². The number of benzene rings is 1. The maximum atomic E-state index is 12.3. The van der Waals surface area contributed by atoms with E-state index in [1.165, 1.54) is 0 Å². The van der Waals surface area contributed by atoms with Gasteiger partial charge in [0.05, 0.1) is 11.0 Å². The van der Waals surface area contributed by atoms with Crippen molar-refractivity contribution >= 4 is 10.0 Å². The summed E-state index contributed by atoms with van der Waals surface area (Å²) < 4.78 is 32.7. The summed E-state index contributed by atoms with van der Waals surface area (Å²) in [5.74, 6) is 0. The maximum absolute atomic E-state index is 12.3. The summed E-state index contributed by atoms with van der Waals surface area (Å²) in [5.41, 5.74) is 6.52. The molecule has 1 saturated carbocycles. The van der Waals surface area contributed by atoms with Gasteiger partial charge in [-0.25, -0.2) is 13.1 Å². The number of sulfonamides is 1. The number of methoxy groups -OCH3 is 1. The third-order valence-corrected chi connectivity index (χ3v) is 5.23. The Morgan fingerprint density at radius 3 is 2.60 bits per heavy atom. The van der Waals surface area contributed by atoms with Gasteiger partial charge in [-0.1, -0.05) is 12.1 Å². The molecular formula is C14H22N2O3S. The van der Waals surface area contributed by atoms with Crippen LogP contribution >= 0.6 is 0 Å². The molecule has 0 bridgehead atoms. The molecule has 1 aromatic rings. The lowest BCUT2D eigenvalue weighted by molar-refractivity contribution is 0.0916. The smallest absolute Gasteiger partial charge is 0.240 e. The molecular weight excluding hydrogens is 276 g/mol. The van der Waals surface area contributed by atoms with E-state index in [4.69, 9.17) is 10.5 Å². The fourth-order valence-electron chi connectivity index (χ4n) is 2.61. The van der Waals surface area contributed by atoms with Gasteiger partial charge in [0.15, 0.2) is 0 Å². The summed E-state index contributed by atoms with van der Waals surface area (Å²) in [6.07, 6.45) is 3.44. The fourth-order valence-corrected chi connectivity index (χ4v) is 3.91. The standard InChI is InChI=1S/C14H22N2O3S/c1-19-14-4-2-3-13(14)16-20(17,18)12-7-5-11(6-8-12)9-10-15/h5-8,13-14,16H,2-4,9-10,15H2,1H3. The first-order valence-electron chi connectivity index (χ1n) is 6.91. The second-order valence-corrected chi connectivity index (χ2v) is 6.83. The summed E-state index contributed by atoms with van der Waals surface area (Å²) in [6, 6.07) is 6.75. The minimum atomic E-state index is -3.48. The summed E-state index contributed by atoms with van der Waals surface area (Å²) in [7, 11) is -1.86. The molecule has 6 heteroatoms. The van der Waals surface area contributed by atoms with Gasteiger partial charge in [-0.15, -0.1) is 0 Å². The lowest BCUT2D eigenvalue weighted by Crippen LogP contribution is -2.40. The predicted octanol–water partition coefficient (Wildman–Crippen LogP) is 1.03. The van der Waals surface area contributed by atoms with Crippen LogP contribution in [0.4, 0.5) is 0 Å². The molecule has 2 rings (SSSR count). The lowest BCUT2D eigenvalue weighted by Gasteiger charge is -2.19. The van der Waals surface area contributed by atoms with Gasteiger partial charge in [-0.3, -0.25) is 0 Å². The molecule has 0 heterocycles. The van der Waals surface area contributed by atoms with Crippen LogP contribution in [0.25, 0.3) is 0 Å². The van der Waals surface area contributed by atoms with E-state index in [0.29, 0.717) is 11.4 Å². The highest BCUT2D eigenvalue weighted by atomic mass is 32.2. The molecule has 0 aromatic heterocycles. The van der Waals surface area contributed by atoms with Crippen LogP contribution in [0.3, 0.4) is 0 Å². The van der Waals surface area contributed by atoms with Crippen LogP contribution in [-0.2, 0) is 21.2 Å². The highest BCUT2D eigenvalue weighted by Gasteiger charge is 2.31. The van der Waals surface area contributed by atoms with Gasteiger partial charge < -0.3 is 10.5 Å². The summed E-state index contributed by atoms with van der Waals surface area (Å²) in [4.78, 5) is 0.292. The molecule has 20 heavy (non-hydrogen) atoms. The average molecular weight is 298 g/mol. The van der Waals surface area contributed by atoms with E-state index in [2.05, 4.69) is 4.72 Å². The van der Waals surface area contributed by atoms with Crippen LogP contribution in [-0.4, -0.2) is 34.2 Å². The largest absolute Gasteiger partial charge is 0.380 e. The Labute approximate surface area is 120 Å². The third kappa shape index (κ3) is 3.58. The molecule has 1 aliphatic carbocycles. The Bertz CT molecular complexity index is 528. The van der Waals surface area contributed by atoms with Crippen molar-refractivity contribution in [1.29, 1.82) is 0 Å². The minimum absolute atomic E-state index is 0.0266. The Morgan fingerprint density at radius 1 is 1.30 bits per heavy atom. The maximum Gasteiger partial charge on any atom is 0.240 e. The van der Waals surface area contributed by atoms with Crippen molar-refractivity contribution in [2.45, 2.75) is 42.7 Å². The monoisotopic (exact) mass is 298 g/mol. The molecule has 5 nitrogen and oxygen atoms in total. The van der Waals surface area contributed by atoms with Crippen LogP contribution in [0.15, 0.2) is 29.2 Å². The van der Waals surface area contributed by atoms with E-state index in [9.17, 15) is 8.42 Å². The van der Waals surface area contributed by atoms with E-state index in [0.717, 1.165) is 31.2 Å². The van der Waals surface area contributed by atoms with Gasteiger partial charge in [-0.2, -0.15) is 0 Å². The SMILES string of the molecule is COC1CCCC1NS(=O)(=O)c1ccc(CCN)cc1. The van der Waals surface area contributed by atoms with Gasteiger partial charge in [0.1, 0.15) is 0 Å². The molecule has 1 fully saturated rings. The number of ether oxygens (including phenoxy) is 1. The zero-order chi connectivity index (χ0) is 14.6. The van der Waals surface area contributed by atoms with Crippen molar-refractivity contribution in [3.63, 3.8) is 0 Å². The summed E-state index contributed by atoms with van der Waals surface area (Å²) in [6.45, 7) is 0.557. The fraction of sp³-hybridized carbons (Fsp3) is 0.571. The number of rotatable bonds is 6. The Hall–Kier alpha value is -0.950. The highest BCUT2D eigenvalue weighted by molar-refractivity contribution is 7.89. The lowest BCUT2D eigenvalue weighted by atomic mass is 10.2. The van der Waals surface area contributed by atoms with Crippen molar-refractivity contribution in [3.8, 4) is 0 Å². The first-order valence-corrected chi connectivity index (χ1v) is 8.39. The second-order valence-electron chi connectivity index (χ2n) is 5.12. The van der Waals surface area contributed by atoms with Crippen molar-refractivity contribution in [1.82, 2.24) is 4.72 Å². The van der Waals surface area contributed by atoms with Crippen molar-refractivity contribution in [3.05, 3.63) is 29.8 Å². The normalized spacial score (nSPS) is 23.1. The molecule has 0 aliphatic heterocycles. The quantitative estimate of drug-likeness (QED) is 0.822. The molecule has 0 amide bonds. The first-order chi connectivity index (χ1) is 9.56. The molecule has 0 saturated heterocycles. The van der Waals surface area contributed by atoms with Gasteiger partial charge in [0.2, 0.25) is 10.0 Å². The van der Waals surface area contributed by atoms with E-state index >= 15 is 0 Å². The van der Waals surface area contributed by atoms with Crippen molar-refractivity contribution < 1.29 is 13.2 Å². The van der Waals surface area contributed by atoms with E-state index in [1.54, 1.807) is 19.2 Å². The Kier molecular flexibility index (Phi) is 5.15. The average Bonchev–Trinajstić information content (AvgIpc) is 2.86. The van der Waals surface area contributed by atoms with E-state index < -0.39 is 10.0 Å². The summed E-state index contributed by atoms with van der Waals surface area (Å²) >= 11 is 0. The number of hydrogen-bond acceptors (Lipinski definition) is 4. The van der Waals surface area contributed by atoms with Crippen LogP contribution < -0.4 is 10.5 Å². The summed E-state index contributed by atoms with van der Waals surface area (Å²) in [5, 5.41) is 0. The van der Waals surface area contributed by atoms with Crippen LogP contribution in [0.1, 0.15) is 24.8 Å². The van der Waals surface area contributed by atoms with Crippen LogP contribution in [0.2, 0.25) is 0 Å². The third-order valence-electron chi connectivity index (χ3n) is 3.73.